The van der Waals surface area contributed by atoms with Gasteiger partial charge in [0.2, 0.25) is 0 Å². The molecule has 5 heteroatoms. The molecule has 1 aliphatic carbocycles. The molecular weight excluding hydrogens is 374 g/mol. The lowest BCUT2D eigenvalue weighted by Crippen LogP contribution is -2.84. The Morgan fingerprint density at radius 2 is 1.63 bits per heavy atom. The van der Waals surface area contributed by atoms with Crippen molar-refractivity contribution in [2.24, 2.45) is 4.99 Å². The van der Waals surface area contributed by atoms with Gasteiger partial charge in [-0.25, -0.2) is 4.79 Å². The maximum atomic E-state index is 11.8. The number of carbonyl (C=O) groups is 1. The average molecular weight is 407 g/mol. The van der Waals surface area contributed by atoms with Crippen LogP contribution in [0.3, 0.4) is 0 Å². The Balaban J connectivity index is 2.05. The third kappa shape index (κ3) is 4.36. The number of hydrogen-bond donors (Lipinski definition) is 2. The van der Waals surface area contributed by atoms with Crippen LogP contribution >= 0.6 is 0 Å². The number of methoxy groups -OCH3 is 1. The molecule has 0 bridgehead atoms. The minimum atomic E-state index is -0.342. The van der Waals surface area contributed by atoms with E-state index in [2.05, 4.69) is 50.9 Å². The molecule has 0 heterocycles. The molecule has 1 aliphatic rings. The second-order valence-electron chi connectivity index (χ2n) is 9.28. The molecule has 3 N–H and O–H groups in total. The van der Waals surface area contributed by atoms with Gasteiger partial charge in [0.15, 0.2) is 6.34 Å². The molecule has 0 saturated heterocycles. The zero-order valence-electron chi connectivity index (χ0n) is 18.5. The number of nitrogens with zero attached hydrogens (tertiary/aromatic N) is 1. The Morgan fingerprint density at radius 1 is 1.03 bits per heavy atom. The van der Waals surface area contributed by atoms with Gasteiger partial charge in [-0.3, -0.25) is 10.7 Å². The van der Waals surface area contributed by atoms with Crippen LogP contribution in [0.2, 0.25) is 0 Å². The molecule has 1 atom stereocenters. The third-order valence-corrected chi connectivity index (χ3v) is 6.37. The van der Waals surface area contributed by atoms with E-state index in [-0.39, 0.29) is 22.8 Å². The zero-order valence-corrected chi connectivity index (χ0v) is 18.5. The largest absolute Gasteiger partial charge is 0.465 e. The Kier molecular flexibility index (Phi) is 6.22. The summed E-state index contributed by atoms with van der Waals surface area (Å²) in [4.78, 5) is 15.7. The van der Waals surface area contributed by atoms with Gasteiger partial charge < -0.3 is 4.74 Å². The highest BCUT2D eigenvalue weighted by molar-refractivity contribution is 5.89. The van der Waals surface area contributed by atoms with Crippen molar-refractivity contribution in [3.05, 3.63) is 70.3 Å². The lowest BCUT2D eigenvalue weighted by Gasteiger charge is -2.42. The summed E-state index contributed by atoms with van der Waals surface area (Å²) >= 11 is 0. The summed E-state index contributed by atoms with van der Waals surface area (Å²) in [6, 6.07) is 14.3. The predicted molar refractivity (Wildman–Crippen MR) is 121 cm³/mol. The number of quaternary nitrogens is 1. The number of nitrogens with two attached hydrogens (primary N) is 1. The van der Waals surface area contributed by atoms with Crippen LogP contribution in [0.5, 0.6) is 0 Å². The Hall–Kier alpha value is -2.79. The van der Waals surface area contributed by atoms with Crippen molar-refractivity contribution >= 4 is 18.6 Å². The molecule has 5 nitrogen and oxygen atoms in total. The molecule has 158 valence electrons. The summed E-state index contributed by atoms with van der Waals surface area (Å²) in [6.07, 6.45) is 5.05. The van der Waals surface area contributed by atoms with Gasteiger partial charge in [-0.2, -0.15) is 4.99 Å². The first kappa shape index (κ1) is 21.9. The lowest BCUT2D eigenvalue weighted by atomic mass is 9.63. The molecule has 0 fully saturated rings. The highest BCUT2D eigenvalue weighted by Gasteiger charge is 2.37. The Morgan fingerprint density at radius 3 is 2.23 bits per heavy atom. The van der Waals surface area contributed by atoms with E-state index in [1.807, 2.05) is 17.4 Å². The summed E-state index contributed by atoms with van der Waals surface area (Å²) in [5, 5.41) is 9.18. The van der Waals surface area contributed by atoms with Crippen molar-refractivity contribution in [3.63, 3.8) is 0 Å². The van der Waals surface area contributed by atoms with Crippen molar-refractivity contribution in [2.75, 3.05) is 7.11 Å². The van der Waals surface area contributed by atoms with Crippen LogP contribution in [0.4, 0.5) is 0 Å². The quantitative estimate of drug-likeness (QED) is 0.430. The number of fused-ring (bicyclic) bond motifs is 1. The van der Waals surface area contributed by atoms with E-state index in [0.717, 1.165) is 18.3 Å². The Labute approximate surface area is 179 Å². The summed E-state index contributed by atoms with van der Waals surface area (Å²) in [6.45, 7) is 9.30. The number of aliphatic imine (C=N–C) groups is 1. The first-order valence-electron chi connectivity index (χ1n) is 10.4. The van der Waals surface area contributed by atoms with Gasteiger partial charge >= 0.3 is 5.97 Å². The fourth-order valence-corrected chi connectivity index (χ4v) is 4.34. The van der Waals surface area contributed by atoms with Crippen molar-refractivity contribution in [1.82, 2.24) is 0 Å². The average Bonchev–Trinajstić information content (AvgIpc) is 2.74. The van der Waals surface area contributed by atoms with E-state index in [1.54, 1.807) is 18.5 Å². The van der Waals surface area contributed by atoms with E-state index >= 15 is 0 Å². The summed E-state index contributed by atoms with van der Waals surface area (Å²) in [5.41, 5.74) is 5.91. The molecule has 0 saturated carbocycles. The van der Waals surface area contributed by atoms with Crippen LogP contribution in [0.15, 0.2) is 47.5 Å². The lowest BCUT2D eigenvalue weighted by molar-refractivity contribution is -0.568. The van der Waals surface area contributed by atoms with Gasteiger partial charge in [0.25, 0.3) is 0 Å². The van der Waals surface area contributed by atoms with Crippen LogP contribution in [-0.4, -0.2) is 25.8 Å². The standard InChI is InChI=1S/C25H31N3O2/c1-24(2)12-13-25(3,4)21-14-19(10-11-20(21)24)22(28-16-27-15-26)17-6-8-18(9-7-17)23(29)30-5/h6-11,14-16,22H,12-13H2,1-5H3,(H2,26,27,28)/p+1. The van der Waals surface area contributed by atoms with Crippen LogP contribution in [0, 0.1) is 5.41 Å². The topological polar surface area (TPSA) is 79.1 Å². The number of carbonyl (C=O) groups excluding carboxylic acids is 1. The van der Waals surface area contributed by atoms with E-state index in [1.165, 1.54) is 30.2 Å². The predicted octanol–water partition coefficient (Wildman–Crippen LogP) is 4.11. The minimum Gasteiger partial charge on any atom is -0.465 e. The number of benzene rings is 2. The van der Waals surface area contributed by atoms with Gasteiger partial charge in [-0.1, -0.05) is 52.0 Å². The smallest absolute Gasteiger partial charge is 0.337 e. The summed E-state index contributed by atoms with van der Waals surface area (Å²) in [7, 11) is 1.39. The van der Waals surface area contributed by atoms with E-state index < -0.39 is 0 Å². The highest BCUT2D eigenvalue weighted by atomic mass is 16.5. The summed E-state index contributed by atoms with van der Waals surface area (Å²) < 4.78 is 4.81. The fourth-order valence-electron chi connectivity index (χ4n) is 4.34. The third-order valence-electron chi connectivity index (χ3n) is 6.37. The van der Waals surface area contributed by atoms with E-state index in [0.29, 0.717) is 5.56 Å². The molecule has 0 aliphatic heterocycles. The van der Waals surface area contributed by atoms with Crippen molar-refractivity contribution < 1.29 is 14.8 Å². The highest BCUT2D eigenvalue weighted by Crippen LogP contribution is 2.46. The normalized spacial score (nSPS) is 17.9. The van der Waals surface area contributed by atoms with Crippen LogP contribution in [0.25, 0.3) is 0 Å². The Bertz CT molecular complexity index is 959. The van der Waals surface area contributed by atoms with Gasteiger partial charge in [0.05, 0.1) is 12.7 Å². The molecule has 1 unspecified atom stereocenters. The molecule has 2 aromatic carbocycles. The fraction of sp³-hybridized carbons (Fsp3) is 0.400. The molecule has 0 radical (unpaired) electrons. The minimum absolute atomic E-state index is 0.0217. The molecule has 0 amide bonds. The maximum absolute atomic E-state index is 11.8. The number of rotatable bonds is 6. The number of ether oxygens (including phenoxy) is 1. The molecule has 0 aromatic heterocycles. The van der Waals surface area contributed by atoms with Crippen LogP contribution < -0.4 is 5.32 Å². The molecule has 3 rings (SSSR count). The van der Waals surface area contributed by atoms with Crippen molar-refractivity contribution in [1.29, 1.82) is 5.41 Å². The zero-order chi connectivity index (χ0) is 21.9. The molecular formula is C25H32N3O2+. The monoisotopic (exact) mass is 406 g/mol. The number of esters is 1. The van der Waals surface area contributed by atoms with Gasteiger partial charge in [-0.15, -0.1) is 0 Å². The molecule has 30 heavy (non-hydrogen) atoms. The van der Waals surface area contributed by atoms with Crippen molar-refractivity contribution in [2.45, 2.75) is 57.4 Å². The molecule has 0 spiro atoms. The maximum Gasteiger partial charge on any atom is 0.337 e. The first-order chi connectivity index (χ1) is 14.2. The number of nitrogens with one attached hydrogen (secondary N) is 1. The van der Waals surface area contributed by atoms with Gasteiger partial charge in [0, 0.05) is 11.1 Å². The second-order valence-corrected chi connectivity index (χ2v) is 9.28. The summed E-state index contributed by atoms with van der Waals surface area (Å²) in [5.74, 6) is -0.342. The SMILES string of the molecule is COC(=O)c1ccc(C([NH2+]C=NC=N)c2ccc3c(c2)C(C)(C)CCC3(C)C)cc1. The van der Waals surface area contributed by atoms with Crippen LogP contribution in [-0.2, 0) is 15.6 Å². The van der Waals surface area contributed by atoms with E-state index in [4.69, 9.17) is 10.1 Å². The molecule has 2 aromatic rings. The van der Waals surface area contributed by atoms with Gasteiger partial charge in [-0.05, 0) is 53.0 Å². The number of hydrogen-bond acceptors (Lipinski definition) is 3. The van der Waals surface area contributed by atoms with Crippen molar-refractivity contribution in [3.8, 4) is 0 Å². The van der Waals surface area contributed by atoms with Gasteiger partial charge in [0.1, 0.15) is 12.4 Å². The second kappa shape index (κ2) is 8.52. The van der Waals surface area contributed by atoms with E-state index in [9.17, 15) is 4.79 Å². The van der Waals surface area contributed by atoms with Crippen LogP contribution in [0.1, 0.15) is 79.2 Å². The first-order valence-corrected chi connectivity index (χ1v) is 10.4.